The summed E-state index contributed by atoms with van der Waals surface area (Å²) in [5.74, 6) is 1.70. The topological polar surface area (TPSA) is 12.0 Å². The Bertz CT molecular complexity index is 387. The molecule has 18 heavy (non-hydrogen) atoms. The number of hydrogen-bond acceptors (Lipinski definition) is 1. The van der Waals surface area contributed by atoms with Crippen LogP contribution in [0.4, 0.5) is 0 Å². The van der Waals surface area contributed by atoms with Gasteiger partial charge >= 0.3 is 0 Å². The smallest absolute Gasteiger partial charge is 0.0343 e. The molecule has 2 saturated carbocycles. The third-order valence-electron chi connectivity index (χ3n) is 4.83. The van der Waals surface area contributed by atoms with Crippen LogP contribution in [0.3, 0.4) is 0 Å². The van der Waals surface area contributed by atoms with Crippen LogP contribution in [-0.2, 0) is 0 Å². The van der Waals surface area contributed by atoms with Gasteiger partial charge in [-0.15, -0.1) is 0 Å². The van der Waals surface area contributed by atoms with Crippen molar-refractivity contribution in [2.24, 2.45) is 17.3 Å². The van der Waals surface area contributed by atoms with Crippen molar-refractivity contribution in [2.75, 3.05) is 6.54 Å². The lowest BCUT2D eigenvalue weighted by Gasteiger charge is -2.26. The van der Waals surface area contributed by atoms with E-state index in [4.69, 9.17) is 0 Å². The van der Waals surface area contributed by atoms with Crippen LogP contribution in [0.15, 0.2) is 30.3 Å². The van der Waals surface area contributed by atoms with Gasteiger partial charge in [-0.1, -0.05) is 44.2 Å². The first-order valence-corrected chi connectivity index (χ1v) is 7.50. The van der Waals surface area contributed by atoms with Crippen molar-refractivity contribution < 1.29 is 0 Å². The minimum Gasteiger partial charge on any atom is -0.309 e. The molecule has 2 aliphatic carbocycles. The molecule has 1 atom stereocenters. The second-order valence-electron chi connectivity index (χ2n) is 6.65. The molecular weight excluding hydrogens is 218 g/mol. The zero-order valence-electron chi connectivity index (χ0n) is 11.7. The zero-order chi connectivity index (χ0) is 12.6. The molecule has 0 aliphatic heterocycles. The van der Waals surface area contributed by atoms with Crippen LogP contribution in [-0.4, -0.2) is 6.54 Å². The van der Waals surface area contributed by atoms with E-state index in [1.807, 2.05) is 0 Å². The van der Waals surface area contributed by atoms with Crippen LogP contribution < -0.4 is 5.32 Å². The summed E-state index contributed by atoms with van der Waals surface area (Å²) >= 11 is 0. The lowest BCUT2D eigenvalue weighted by atomic mass is 9.94. The Morgan fingerprint density at radius 2 is 1.83 bits per heavy atom. The third-order valence-corrected chi connectivity index (χ3v) is 4.83. The number of nitrogens with one attached hydrogen (secondary N) is 1. The summed E-state index contributed by atoms with van der Waals surface area (Å²) in [5.41, 5.74) is 2.14. The Labute approximate surface area is 111 Å². The number of rotatable bonds is 6. The van der Waals surface area contributed by atoms with Crippen LogP contribution >= 0.6 is 0 Å². The first-order chi connectivity index (χ1) is 8.71. The average Bonchev–Trinajstić information content (AvgIpc) is 3.24. The highest BCUT2D eigenvalue weighted by Gasteiger charge is 2.53. The minimum absolute atomic E-state index is 0.516. The fourth-order valence-electron chi connectivity index (χ4n) is 3.30. The van der Waals surface area contributed by atoms with Gasteiger partial charge in [0, 0.05) is 12.6 Å². The molecule has 1 heteroatoms. The van der Waals surface area contributed by atoms with Gasteiger partial charge in [-0.3, -0.25) is 0 Å². The van der Waals surface area contributed by atoms with Crippen molar-refractivity contribution >= 4 is 0 Å². The van der Waals surface area contributed by atoms with E-state index in [0.29, 0.717) is 17.4 Å². The molecule has 2 aliphatic rings. The summed E-state index contributed by atoms with van der Waals surface area (Å²) in [6, 6.07) is 11.4. The van der Waals surface area contributed by atoms with E-state index < -0.39 is 0 Å². The Morgan fingerprint density at radius 1 is 1.17 bits per heavy atom. The normalized spacial score (nSPS) is 23.1. The van der Waals surface area contributed by atoms with E-state index >= 15 is 0 Å². The molecule has 0 bridgehead atoms. The van der Waals surface area contributed by atoms with Gasteiger partial charge in [-0.25, -0.2) is 0 Å². The molecule has 1 aromatic rings. The minimum atomic E-state index is 0.516. The lowest BCUT2D eigenvalue weighted by Crippen LogP contribution is -2.32. The quantitative estimate of drug-likeness (QED) is 0.791. The van der Waals surface area contributed by atoms with Gasteiger partial charge in [0.15, 0.2) is 0 Å². The molecule has 0 heterocycles. The van der Waals surface area contributed by atoms with Gasteiger partial charge in [-0.2, -0.15) is 0 Å². The van der Waals surface area contributed by atoms with Gasteiger partial charge in [0.2, 0.25) is 0 Å². The molecule has 0 radical (unpaired) electrons. The second kappa shape index (κ2) is 4.70. The van der Waals surface area contributed by atoms with Crippen molar-refractivity contribution in [3.63, 3.8) is 0 Å². The molecule has 98 valence electrons. The Hall–Kier alpha value is -0.820. The monoisotopic (exact) mass is 243 g/mol. The highest BCUT2D eigenvalue weighted by Crippen LogP contribution is 2.61. The van der Waals surface area contributed by atoms with Gasteiger partial charge in [-0.05, 0) is 48.5 Å². The van der Waals surface area contributed by atoms with Crippen molar-refractivity contribution in [1.82, 2.24) is 5.32 Å². The van der Waals surface area contributed by atoms with E-state index in [9.17, 15) is 0 Å². The maximum absolute atomic E-state index is 3.86. The predicted octanol–water partition coefficient (Wildman–Crippen LogP) is 4.16. The van der Waals surface area contributed by atoms with Crippen molar-refractivity contribution in [2.45, 2.75) is 45.6 Å². The van der Waals surface area contributed by atoms with E-state index in [1.54, 1.807) is 0 Å². The van der Waals surface area contributed by atoms with E-state index in [2.05, 4.69) is 49.5 Å². The van der Waals surface area contributed by atoms with Crippen molar-refractivity contribution in [1.29, 1.82) is 0 Å². The fraction of sp³-hybridized carbons (Fsp3) is 0.647. The highest BCUT2D eigenvalue weighted by molar-refractivity contribution is 5.20. The summed E-state index contributed by atoms with van der Waals surface area (Å²) in [6.07, 6.45) is 5.90. The van der Waals surface area contributed by atoms with Gasteiger partial charge in [0.1, 0.15) is 0 Å². The predicted molar refractivity (Wildman–Crippen MR) is 76.4 cm³/mol. The van der Waals surface area contributed by atoms with Gasteiger partial charge in [0.25, 0.3) is 0 Å². The maximum atomic E-state index is 3.86. The molecular formula is C17H25N. The van der Waals surface area contributed by atoms with E-state index in [-0.39, 0.29) is 0 Å². The molecule has 0 amide bonds. The number of hydrogen-bond donors (Lipinski definition) is 1. The molecule has 1 unspecified atom stereocenters. The first kappa shape index (κ1) is 12.2. The molecule has 1 nitrogen and oxygen atoms in total. The van der Waals surface area contributed by atoms with Gasteiger partial charge in [0.05, 0.1) is 0 Å². The molecule has 1 aromatic carbocycles. The third kappa shape index (κ3) is 2.47. The largest absolute Gasteiger partial charge is 0.309 e. The van der Waals surface area contributed by atoms with Crippen LogP contribution in [0, 0.1) is 17.3 Å². The van der Waals surface area contributed by atoms with Crippen LogP contribution in [0.5, 0.6) is 0 Å². The van der Waals surface area contributed by atoms with Gasteiger partial charge < -0.3 is 5.32 Å². The summed E-state index contributed by atoms with van der Waals surface area (Å²) in [6.45, 7) is 5.87. The highest BCUT2D eigenvalue weighted by atomic mass is 14.9. The average molecular weight is 243 g/mol. The first-order valence-electron chi connectivity index (χ1n) is 7.50. The summed E-state index contributed by atoms with van der Waals surface area (Å²) in [4.78, 5) is 0. The number of benzene rings is 1. The SMILES string of the molecule is CC(C)C(NCC1(C2CC2)CC1)c1ccccc1. The van der Waals surface area contributed by atoms with Crippen LogP contribution in [0.1, 0.15) is 51.1 Å². The maximum Gasteiger partial charge on any atom is 0.0343 e. The summed E-state index contributed by atoms with van der Waals surface area (Å²) in [5, 5.41) is 3.86. The summed E-state index contributed by atoms with van der Waals surface area (Å²) in [7, 11) is 0. The second-order valence-corrected chi connectivity index (χ2v) is 6.65. The fourth-order valence-corrected chi connectivity index (χ4v) is 3.30. The lowest BCUT2D eigenvalue weighted by molar-refractivity contribution is 0.334. The zero-order valence-corrected chi connectivity index (χ0v) is 11.7. The van der Waals surface area contributed by atoms with Crippen molar-refractivity contribution in [3.05, 3.63) is 35.9 Å². The molecule has 0 saturated heterocycles. The van der Waals surface area contributed by atoms with Crippen LogP contribution in [0.2, 0.25) is 0 Å². The standard InChI is InChI=1S/C17H25N/c1-13(2)16(14-6-4-3-5-7-14)18-12-17(10-11-17)15-8-9-15/h3-7,13,15-16,18H,8-12H2,1-2H3. The molecule has 3 rings (SSSR count). The molecule has 0 aromatic heterocycles. The Kier molecular flexibility index (Phi) is 3.19. The van der Waals surface area contributed by atoms with Crippen molar-refractivity contribution in [3.8, 4) is 0 Å². The molecule has 1 N–H and O–H groups in total. The van der Waals surface area contributed by atoms with E-state index in [1.165, 1.54) is 37.8 Å². The molecule has 2 fully saturated rings. The summed E-state index contributed by atoms with van der Waals surface area (Å²) < 4.78 is 0. The molecule has 0 spiro atoms. The Morgan fingerprint density at radius 3 is 2.33 bits per heavy atom. The van der Waals surface area contributed by atoms with Crippen LogP contribution in [0.25, 0.3) is 0 Å². The van der Waals surface area contributed by atoms with E-state index in [0.717, 1.165) is 5.92 Å². The Balaban J connectivity index is 1.64.